The second-order valence-electron chi connectivity index (χ2n) is 3.79. The molecule has 0 saturated carbocycles. The van der Waals surface area contributed by atoms with Gasteiger partial charge < -0.3 is 10.1 Å². The first-order chi connectivity index (χ1) is 9.22. The van der Waals surface area contributed by atoms with Gasteiger partial charge >= 0.3 is 0 Å². The zero-order chi connectivity index (χ0) is 13.7. The molecule has 0 saturated heterocycles. The fraction of sp³-hybridized carbons (Fsp3) is 0.417. The van der Waals surface area contributed by atoms with Crippen molar-refractivity contribution in [2.45, 2.75) is 18.5 Å². The Bertz CT molecular complexity index is 522. The SMILES string of the molecule is CNc1cc(OCCc2scnc2C)nc(SC)n1. The second kappa shape index (κ2) is 6.72. The minimum atomic E-state index is 0.594. The predicted octanol–water partition coefficient (Wildman–Crippen LogP) is 2.63. The quantitative estimate of drug-likeness (QED) is 0.653. The van der Waals surface area contributed by atoms with E-state index >= 15 is 0 Å². The molecule has 0 atom stereocenters. The van der Waals surface area contributed by atoms with Crippen LogP contribution in [0.25, 0.3) is 0 Å². The van der Waals surface area contributed by atoms with Gasteiger partial charge in [0.15, 0.2) is 5.16 Å². The van der Waals surface area contributed by atoms with Gasteiger partial charge in [-0.3, -0.25) is 0 Å². The lowest BCUT2D eigenvalue weighted by Gasteiger charge is -2.08. The van der Waals surface area contributed by atoms with Crippen molar-refractivity contribution in [3.8, 4) is 5.88 Å². The molecule has 0 amide bonds. The van der Waals surface area contributed by atoms with Crippen molar-refractivity contribution in [2.24, 2.45) is 0 Å². The third kappa shape index (κ3) is 3.81. The Morgan fingerprint density at radius 1 is 1.42 bits per heavy atom. The summed E-state index contributed by atoms with van der Waals surface area (Å²) in [5.41, 5.74) is 2.94. The highest BCUT2D eigenvalue weighted by atomic mass is 32.2. The Kier molecular flexibility index (Phi) is 4.98. The smallest absolute Gasteiger partial charge is 0.219 e. The summed E-state index contributed by atoms with van der Waals surface area (Å²) in [6.07, 6.45) is 2.79. The Hall–Kier alpha value is -1.34. The fourth-order valence-electron chi connectivity index (χ4n) is 1.51. The molecule has 5 nitrogen and oxygen atoms in total. The molecule has 0 unspecified atom stereocenters. The lowest BCUT2D eigenvalue weighted by molar-refractivity contribution is 0.307. The molecule has 7 heteroatoms. The van der Waals surface area contributed by atoms with E-state index in [1.807, 2.05) is 25.7 Å². The molecule has 2 aromatic heterocycles. The predicted molar refractivity (Wildman–Crippen MR) is 79.4 cm³/mol. The van der Waals surface area contributed by atoms with Crippen molar-refractivity contribution in [2.75, 3.05) is 25.2 Å². The molecule has 0 bridgehead atoms. The summed E-state index contributed by atoms with van der Waals surface area (Å²) in [4.78, 5) is 14.1. The van der Waals surface area contributed by atoms with Crippen LogP contribution in [0.15, 0.2) is 16.7 Å². The zero-order valence-corrected chi connectivity index (χ0v) is 12.8. The average Bonchev–Trinajstić information content (AvgIpc) is 2.84. The molecule has 0 aliphatic heterocycles. The second-order valence-corrected chi connectivity index (χ2v) is 5.50. The molecular weight excluding hydrogens is 280 g/mol. The van der Waals surface area contributed by atoms with Crippen molar-refractivity contribution >= 4 is 28.9 Å². The van der Waals surface area contributed by atoms with Gasteiger partial charge in [0.1, 0.15) is 5.82 Å². The van der Waals surface area contributed by atoms with E-state index < -0.39 is 0 Å². The molecule has 0 aliphatic rings. The van der Waals surface area contributed by atoms with E-state index in [0.29, 0.717) is 17.6 Å². The molecule has 0 fully saturated rings. The van der Waals surface area contributed by atoms with Crippen LogP contribution in [0.1, 0.15) is 10.6 Å². The van der Waals surface area contributed by atoms with Gasteiger partial charge in [-0.25, -0.2) is 9.97 Å². The van der Waals surface area contributed by atoms with Crippen molar-refractivity contribution in [1.82, 2.24) is 15.0 Å². The van der Waals surface area contributed by atoms with Crippen LogP contribution in [0.2, 0.25) is 0 Å². The van der Waals surface area contributed by atoms with E-state index in [2.05, 4.69) is 20.3 Å². The molecule has 0 spiro atoms. The largest absolute Gasteiger partial charge is 0.477 e. The highest BCUT2D eigenvalue weighted by molar-refractivity contribution is 7.98. The van der Waals surface area contributed by atoms with E-state index in [-0.39, 0.29) is 0 Å². The summed E-state index contributed by atoms with van der Waals surface area (Å²) in [7, 11) is 1.83. The van der Waals surface area contributed by atoms with Gasteiger partial charge in [0.05, 0.1) is 17.8 Å². The van der Waals surface area contributed by atoms with Crippen LogP contribution in [0.4, 0.5) is 5.82 Å². The monoisotopic (exact) mass is 296 g/mol. The third-order valence-corrected chi connectivity index (χ3v) is 4.09. The van der Waals surface area contributed by atoms with Crippen LogP contribution in [-0.2, 0) is 6.42 Å². The van der Waals surface area contributed by atoms with Gasteiger partial charge in [-0.15, -0.1) is 11.3 Å². The van der Waals surface area contributed by atoms with Gasteiger partial charge in [0.25, 0.3) is 0 Å². The van der Waals surface area contributed by atoms with Crippen LogP contribution in [0, 0.1) is 6.92 Å². The number of nitrogens with zero attached hydrogens (tertiary/aromatic N) is 3. The fourth-order valence-corrected chi connectivity index (χ4v) is 2.64. The molecule has 1 N–H and O–H groups in total. The molecular formula is C12H16N4OS2. The number of aromatic nitrogens is 3. The maximum atomic E-state index is 5.69. The minimum absolute atomic E-state index is 0.594. The van der Waals surface area contributed by atoms with Crippen LogP contribution in [0.5, 0.6) is 5.88 Å². The average molecular weight is 296 g/mol. The van der Waals surface area contributed by atoms with Gasteiger partial charge in [-0.1, -0.05) is 11.8 Å². The molecule has 2 rings (SSSR count). The van der Waals surface area contributed by atoms with Crippen molar-refractivity contribution in [3.63, 3.8) is 0 Å². The first-order valence-corrected chi connectivity index (χ1v) is 7.96. The van der Waals surface area contributed by atoms with Gasteiger partial charge in [0.2, 0.25) is 5.88 Å². The summed E-state index contributed by atoms with van der Waals surface area (Å²) in [6, 6.07) is 1.80. The lowest BCUT2D eigenvalue weighted by Crippen LogP contribution is -2.05. The van der Waals surface area contributed by atoms with E-state index in [4.69, 9.17) is 4.74 Å². The van der Waals surface area contributed by atoms with Crippen molar-refractivity contribution in [3.05, 3.63) is 22.1 Å². The molecule has 2 heterocycles. The Morgan fingerprint density at radius 3 is 2.89 bits per heavy atom. The first kappa shape index (κ1) is 14.1. The summed E-state index contributed by atoms with van der Waals surface area (Å²) in [5.74, 6) is 1.37. The molecule has 0 aromatic carbocycles. The zero-order valence-electron chi connectivity index (χ0n) is 11.1. The number of rotatable bonds is 6. The number of hydrogen-bond donors (Lipinski definition) is 1. The summed E-state index contributed by atoms with van der Waals surface area (Å²) in [5, 5.41) is 3.71. The molecule has 0 radical (unpaired) electrons. The number of aryl methyl sites for hydroxylation is 1. The van der Waals surface area contributed by atoms with Gasteiger partial charge in [-0.05, 0) is 13.2 Å². The number of anilines is 1. The number of thioether (sulfide) groups is 1. The van der Waals surface area contributed by atoms with E-state index in [1.54, 1.807) is 17.4 Å². The van der Waals surface area contributed by atoms with Crippen molar-refractivity contribution in [1.29, 1.82) is 0 Å². The maximum absolute atomic E-state index is 5.69. The van der Waals surface area contributed by atoms with Gasteiger partial charge in [0, 0.05) is 24.4 Å². The topological polar surface area (TPSA) is 59.9 Å². The standard InChI is InChI=1S/C12H16N4OS2/c1-8-9(19-7-14-8)4-5-17-11-6-10(13-2)15-12(16-11)18-3/h6-7H,4-5H2,1-3H3,(H,13,15,16). The molecule has 19 heavy (non-hydrogen) atoms. The number of thiazole rings is 1. The van der Waals surface area contributed by atoms with Crippen LogP contribution >= 0.6 is 23.1 Å². The first-order valence-electron chi connectivity index (χ1n) is 5.85. The summed E-state index contributed by atoms with van der Waals surface area (Å²) in [6.45, 7) is 2.61. The molecule has 102 valence electrons. The number of hydrogen-bond acceptors (Lipinski definition) is 7. The van der Waals surface area contributed by atoms with Crippen molar-refractivity contribution < 1.29 is 4.74 Å². The highest BCUT2D eigenvalue weighted by Crippen LogP contribution is 2.19. The minimum Gasteiger partial charge on any atom is -0.477 e. The Labute approximate surface area is 120 Å². The van der Waals surface area contributed by atoms with Crippen LogP contribution in [-0.4, -0.2) is 34.9 Å². The number of ether oxygens (including phenoxy) is 1. The highest BCUT2D eigenvalue weighted by Gasteiger charge is 2.05. The van der Waals surface area contributed by atoms with E-state index in [1.165, 1.54) is 16.6 Å². The lowest BCUT2D eigenvalue weighted by atomic mass is 10.3. The Balaban J connectivity index is 1.97. The summed E-state index contributed by atoms with van der Waals surface area (Å²) >= 11 is 3.16. The molecule has 0 aliphatic carbocycles. The van der Waals surface area contributed by atoms with Crippen LogP contribution in [0.3, 0.4) is 0 Å². The normalized spacial score (nSPS) is 10.5. The van der Waals surface area contributed by atoms with E-state index in [0.717, 1.165) is 17.9 Å². The summed E-state index contributed by atoms with van der Waals surface area (Å²) < 4.78 is 5.69. The Morgan fingerprint density at radius 2 is 2.26 bits per heavy atom. The van der Waals surface area contributed by atoms with E-state index in [9.17, 15) is 0 Å². The third-order valence-electron chi connectivity index (χ3n) is 2.54. The maximum Gasteiger partial charge on any atom is 0.219 e. The molecule has 2 aromatic rings. The van der Waals surface area contributed by atoms with Gasteiger partial charge in [-0.2, -0.15) is 4.98 Å². The van der Waals surface area contributed by atoms with Crippen LogP contribution < -0.4 is 10.1 Å². The number of nitrogens with one attached hydrogen (secondary N) is 1.